The molecule has 10 heteroatoms. The Morgan fingerprint density at radius 3 is 2.82 bits per heavy atom. The monoisotopic (exact) mass is 529 g/mol. The lowest BCUT2D eigenvalue weighted by molar-refractivity contribution is -0.115. The lowest BCUT2D eigenvalue weighted by Crippen LogP contribution is -2.18. The molecule has 4 aromatic rings. The molecule has 9 nitrogen and oxygen atoms in total. The Kier molecular flexibility index (Phi) is 7.54. The third-order valence-electron chi connectivity index (χ3n) is 5.92. The Bertz CT molecular complexity index is 1520. The summed E-state index contributed by atoms with van der Waals surface area (Å²) in [5.41, 5.74) is 2.57. The lowest BCUT2D eigenvalue weighted by atomic mass is 10.1. The maximum atomic E-state index is 12.3. The van der Waals surface area contributed by atoms with Gasteiger partial charge in [-0.1, -0.05) is 24.6 Å². The number of halogens is 1. The topological polar surface area (TPSA) is 118 Å². The molecule has 1 aliphatic rings. The van der Waals surface area contributed by atoms with Crippen LogP contribution in [0.5, 0.6) is 17.4 Å². The molecule has 1 amide bonds. The van der Waals surface area contributed by atoms with Crippen LogP contribution in [-0.4, -0.2) is 35.2 Å². The second-order valence-electron chi connectivity index (χ2n) is 8.57. The van der Waals surface area contributed by atoms with E-state index in [9.17, 15) is 10.1 Å². The van der Waals surface area contributed by atoms with E-state index < -0.39 is 0 Å². The summed E-state index contributed by atoms with van der Waals surface area (Å²) in [4.78, 5) is 20.9. The van der Waals surface area contributed by atoms with Crippen LogP contribution in [0.25, 0.3) is 10.9 Å². The molecular formula is C28H24ClN5O4. The number of ether oxygens (including phenoxy) is 3. The first-order valence-corrected chi connectivity index (χ1v) is 12.5. The highest BCUT2D eigenvalue weighted by Crippen LogP contribution is 2.38. The number of hydrogen-bond acceptors (Lipinski definition) is 8. The van der Waals surface area contributed by atoms with Crippen LogP contribution in [-0.2, 0) is 9.53 Å². The quantitative estimate of drug-likeness (QED) is 0.276. The van der Waals surface area contributed by atoms with Gasteiger partial charge in [-0.15, -0.1) is 0 Å². The Labute approximate surface area is 224 Å². The van der Waals surface area contributed by atoms with Crippen LogP contribution in [0.3, 0.4) is 0 Å². The van der Waals surface area contributed by atoms with Gasteiger partial charge in [-0.3, -0.25) is 9.78 Å². The molecule has 1 aliphatic heterocycles. The number of nitrogens with one attached hydrogen (secondary N) is 2. The smallest absolute Gasteiger partial charge is 0.224 e. The minimum atomic E-state index is -0.161. The van der Waals surface area contributed by atoms with Crippen molar-refractivity contribution < 1.29 is 19.0 Å². The fourth-order valence-electron chi connectivity index (χ4n) is 3.98. The van der Waals surface area contributed by atoms with Gasteiger partial charge in [0.25, 0.3) is 0 Å². The van der Waals surface area contributed by atoms with Crippen molar-refractivity contribution in [1.29, 1.82) is 5.26 Å². The van der Waals surface area contributed by atoms with Crippen LogP contribution in [0, 0.1) is 11.3 Å². The van der Waals surface area contributed by atoms with Crippen molar-refractivity contribution in [2.45, 2.75) is 25.9 Å². The van der Waals surface area contributed by atoms with E-state index in [1.54, 1.807) is 55.6 Å². The number of nitrogens with zero attached hydrogens (tertiary/aromatic N) is 3. The molecule has 1 saturated heterocycles. The fourth-order valence-corrected chi connectivity index (χ4v) is 4.20. The van der Waals surface area contributed by atoms with E-state index in [-0.39, 0.29) is 12.0 Å². The molecule has 1 unspecified atom stereocenters. The molecule has 2 aromatic heterocycles. The van der Waals surface area contributed by atoms with Crippen LogP contribution in [0.15, 0.2) is 60.9 Å². The summed E-state index contributed by atoms with van der Waals surface area (Å²) in [6.07, 6.45) is 4.07. The van der Waals surface area contributed by atoms with E-state index >= 15 is 0 Å². The Morgan fingerprint density at radius 2 is 2.11 bits per heavy atom. The standard InChI is InChI=1S/C28H24ClN5O4/c1-2-26(35)34-23-12-20-22(13-25(23)37-19-8-10-36-16-19)32-15-17(14-30)28(20)33-18-6-7-24(21(29)11-18)38-27-5-3-4-9-31-27/h3-7,9,11-13,15,19H,2,8,10,16H2,1H3,(H,32,33)(H,34,35). The number of fused-ring (bicyclic) bond motifs is 1. The summed E-state index contributed by atoms with van der Waals surface area (Å²) in [6, 6.07) is 16.3. The van der Waals surface area contributed by atoms with Crippen LogP contribution in [0.1, 0.15) is 25.3 Å². The maximum absolute atomic E-state index is 12.3. The van der Waals surface area contributed by atoms with Gasteiger partial charge in [0.2, 0.25) is 11.8 Å². The number of benzene rings is 2. The lowest BCUT2D eigenvalue weighted by Gasteiger charge is -2.19. The zero-order chi connectivity index (χ0) is 26.5. The van der Waals surface area contributed by atoms with Crippen molar-refractivity contribution in [1.82, 2.24) is 9.97 Å². The van der Waals surface area contributed by atoms with E-state index in [1.165, 1.54) is 6.20 Å². The van der Waals surface area contributed by atoms with Crippen molar-refractivity contribution in [2.24, 2.45) is 0 Å². The summed E-state index contributed by atoms with van der Waals surface area (Å²) >= 11 is 6.49. The highest BCUT2D eigenvalue weighted by molar-refractivity contribution is 6.32. The first kappa shape index (κ1) is 25.3. The summed E-state index contributed by atoms with van der Waals surface area (Å²) in [5, 5.41) is 17.0. The fraction of sp³-hybridized carbons (Fsp3) is 0.214. The van der Waals surface area contributed by atoms with Gasteiger partial charge in [0.15, 0.2) is 0 Å². The molecule has 1 atom stereocenters. The molecular weight excluding hydrogens is 506 g/mol. The van der Waals surface area contributed by atoms with E-state index in [4.69, 9.17) is 25.8 Å². The minimum absolute atomic E-state index is 0.116. The van der Waals surface area contributed by atoms with E-state index in [2.05, 4.69) is 26.7 Å². The van der Waals surface area contributed by atoms with E-state index in [0.29, 0.717) is 75.6 Å². The average molecular weight is 530 g/mol. The Morgan fingerprint density at radius 1 is 1.21 bits per heavy atom. The molecule has 1 fully saturated rings. The minimum Gasteiger partial charge on any atom is -0.486 e. The second kappa shape index (κ2) is 11.3. The maximum Gasteiger partial charge on any atom is 0.224 e. The number of amides is 1. The molecule has 0 aliphatic carbocycles. The van der Waals surface area contributed by atoms with Crippen molar-refractivity contribution in [3.05, 3.63) is 71.5 Å². The normalized spacial score (nSPS) is 14.6. The predicted octanol–water partition coefficient (Wildman–Crippen LogP) is 6.21. The van der Waals surface area contributed by atoms with Crippen LogP contribution >= 0.6 is 11.6 Å². The number of rotatable bonds is 8. The number of hydrogen-bond donors (Lipinski definition) is 2. The van der Waals surface area contributed by atoms with Gasteiger partial charge in [-0.25, -0.2) is 4.98 Å². The summed E-state index contributed by atoms with van der Waals surface area (Å²) in [7, 11) is 0. The van der Waals surface area contributed by atoms with Crippen molar-refractivity contribution in [3.63, 3.8) is 0 Å². The Hall–Kier alpha value is -4.39. The molecule has 2 aromatic carbocycles. The van der Waals surface area contributed by atoms with Crippen LogP contribution in [0.2, 0.25) is 5.02 Å². The zero-order valence-corrected chi connectivity index (χ0v) is 21.3. The molecule has 3 heterocycles. The summed E-state index contributed by atoms with van der Waals surface area (Å²) < 4.78 is 17.3. The van der Waals surface area contributed by atoms with Gasteiger partial charge >= 0.3 is 0 Å². The van der Waals surface area contributed by atoms with Gasteiger partial charge < -0.3 is 24.8 Å². The summed E-state index contributed by atoms with van der Waals surface area (Å²) in [6.45, 7) is 2.88. The predicted molar refractivity (Wildman–Crippen MR) is 144 cm³/mol. The van der Waals surface area contributed by atoms with Gasteiger partial charge in [0.05, 0.1) is 40.7 Å². The number of nitriles is 1. The zero-order valence-electron chi connectivity index (χ0n) is 20.5. The average Bonchev–Trinajstić information content (AvgIpc) is 3.44. The molecule has 38 heavy (non-hydrogen) atoms. The SMILES string of the molecule is CCC(=O)Nc1cc2c(Nc3ccc(Oc4ccccn4)c(Cl)c3)c(C#N)cnc2cc1OC1CCOC1. The number of carbonyl (C=O) groups excluding carboxylic acids is 1. The molecule has 2 N–H and O–H groups in total. The Balaban J connectivity index is 1.51. The van der Waals surface area contributed by atoms with Crippen molar-refractivity contribution in [2.75, 3.05) is 23.8 Å². The van der Waals surface area contributed by atoms with Gasteiger partial charge in [0.1, 0.15) is 23.7 Å². The molecule has 192 valence electrons. The molecule has 0 spiro atoms. The van der Waals surface area contributed by atoms with Crippen molar-refractivity contribution >= 4 is 45.5 Å². The van der Waals surface area contributed by atoms with Gasteiger partial charge in [-0.2, -0.15) is 5.26 Å². The first-order valence-electron chi connectivity index (χ1n) is 12.1. The van der Waals surface area contributed by atoms with Crippen LogP contribution < -0.4 is 20.1 Å². The number of carbonyl (C=O) groups is 1. The van der Waals surface area contributed by atoms with Gasteiger partial charge in [0, 0.05) is 48.4 Å². The highest BCUT2D eigenvalue weighted by Gasteiger charge is 2.21. The van der Waals surface area contributed by atoms with E-state index in [0.717, 1.165) is 6.42 Å². The molecule has 0 saturated carbocycles. The highest BCUT2D eigenvalue weighted by atomic mass is 35.5. The first-order chi connectivity index (χ1) is 18.5. The van der Waals surface area contributed by atoms with Crippen molar-refractivity contribution in [3.8, 4) is 23.4 Å². The number of aromatic nitrogens is 2. The third-order valence-corrected chi connectivity index (χ3v) is 6.22. The number of pyridine rings is 2. The molecule has 5 rings (SSSR count). The largest absolute Gasteiger partial charge is 0.486 e. The molecule has 0 radical (unpaired) electrons. The summed E-state index contributed by atoms with van der Waals surface area (Å²) in [5.74, 6) is 1.20. The third kappa shape index (κ3) is 5.62. The second-order valence-corrected chi connectivity index (χ2v) is 8.98. The van der Waals surface area contributed by atoms with E-state index in [1.807, 2.05) is 6.07 Å². The van der Waals surface area contributed by atoms with Crippen LogP contribution in [0.4, 0.5) is 17.1 Å². The molecule has 0 bridgehead atoms. The number of anilines is 3. The van der Waals surface area contributed by atoms with Gasteiger partial charge in [-0.05, 0) is 30.3 Å².